The molecule has 0 unspecified atom stereocenters. The summed E-state index contributed by atoms with van der Waals surface area (Å²) in [5.41, 5.74) is 15.6. The molecule has 244 valence electrons. The highest BCUT2D eigenvalue weighted by molar-refractivity contribution is 6.26. The Morgan fingerprint density at radius 1 is 0.340 bits per heavy atom. The summed E-state index contributed by atoms with van der Waals surface area (Å²) in [6.45, 7) is 0. The van der Waals surface area contributed by atoms with E-state index in [9.17, 15) is 0 Å². The maximum atomic E-state index is 5.67. The molecule has 53 heavy (non-hydrogen) atoms. The standard InChI is InChI=1S/C52H31N/c1-2-15-33(16-3-1)48-40-22-8-7-21-39(40)47(36-27-26-32-14-4-5-17-34(32)30-36)41-28-29-44-50(49(41)48)51-45(31-35-18-6-13-25-46(35)53-51)52(44)42-23-11-9-19-37(42)38-20-10-12-24-43(38)52/h1-31H. The van der Waals surface area contributed by atoms with Crippen LogP contribution < -0.4 is 0 Å². The smallest absolute Gasteiger partial charge is 0.0767 e. The molecule has 0 atom stereocenters. The molecule has 0 bridgehead atoms. The van der Waals surface area contributed by atoms with Crippen LogP contribution in [0.3, 0.4) is 0 Å². The lowest BCUT2D eigenvalue weighted by Crippen LogP contribution is -2.26. The van der Waals surface area contributed by atoms with Gasteiger partial charge in [-0.25, -0.2) is 4.98 Å². The van der Waals surface area contributed by atoms with E-state index in [4.69, 9.17) is 4.98 Å². The Morgan fingerprint density at radius 2 is 0.962 bits per heavy atom. The van der Waals surface area contributed by atoms with Gasteiger partial charge < -0.3 is 0 Å². The van der Waals surface area contributed by atoms with Gasteiger partial charge >= 0.3 is 0 Å². The Hall–Kier alpha value is -6.83. The molecule has 0 saturated heterocycles. The number of pyridine rings is 1. The van der Waals surface area contributed by atoms with Crippen LogP contribution in [0.4, 0.5) is 0 Å². The second-order valence-electron chi connectivity index (χ2n) is 14.6. The third kappa shape index (κ3) is 3.73. The minimum absolute atomic E-state index is 0.508. The van der Waals surface area contributed by atoms with Crippen LogP contribution >= 0.6 is 0 Å². The molecule has 1 heterocycles. The predicted octanol–water partition coefficient (Wildman–Crippen LogP) is 13.4. The normalized spacial score (nSPS) is 13.4. The van der Waals surface area contributed by atoms with E-state index in [-0.39, 0.29) is 0 Å². The van der Waals surface area contributed by atoms with Crippen molar-refractivity contribution in [3.8, 4) is 44.6 Å². The third-order valence-corrected chi connectivity index (χ3v) is 12.0. The van der Waals surface area contributed by atoms with E-state index in [2.05, 4.69) is 188 Å². The lowest BCUT2D eigenvalue weighted by atomic mass is 9.70. The van der Waals surface area contributed by atoms with E-state index in [0.717, 1.165) is 16.6 Å². The lowest BCUT2D eigenvalue weighted by Gasteiger charge is -2.30. The second-order valence-corrected chi connectivity index (χ2v) is 14.6. The summed E-state index contributed by atoms with van der Waals surface area (Å²) in [6.07, 6.45) is 0. The number of nitrogens with zero attached hydrogens (tertiary/aromatic N) is 1. The molecule has 0 radical (unpaired) electrons. The Kier molecular flexibility index (Phi) is 5.77. The fourth-order valence-corrected chi connectivity index (χ4v) is 9.94. The zero-order valence-corrected chi connectivity index (χ0v) is 28.8. The van der Waals surface area contributed by atoms with Crippen LogP contribution in [0.1, 0.15) is 22.3 Å². The first-order chi connectivity index (χ1) is 26.3. The van der Waals surface area contributed by atoms with E-state index in [1.807, 2.05) is 0 Å². The van der Waals surface area contributed by atoms with Crippen molar-refractivity contribution in [1.82, 2.24) is 4.98 Å². The monoisotopic (exact) mass is 669 g/mol. The minimum Gasteiger partial charge on any atom is -0.247 e. The molecule has 1 spiro atoms. The molecule has 10 aromatic rings. The van der Waals surface area contributed by atoms with E-state index in [1.165, 1.54) is 93.5 Å². The number of fused-ring (bicyclic) bond motifs is 15. The highest BCUT2D eigenvalue weighted by Gasteiger charge is 2.53. The van der Waals surface area contributed by atoms with E-state index in [0.29, 0.717) is 0 Å². The molecule has 0 N–H and O–H groups in total. The largest absolute Gasteiger partial charge is 0.247 e. The van der Waals surface area contributed by atoms with E-state index >= 15 is 0 Å². The van der Waals surface area contributed by atoms with Crippen LogP contribution in [0, 0.1) is 0 Å². The number of hydrogen-bond donors (Lipinski definition) is 0. The van der Waals surface area contributed by atoms with Crippen molar-refractivity contribution in [3.05, 3.63) is 210 Å². The van der Waals surface area contributed by atoms with Gasteiger partial charge in [-0.1, -0.05) is 170 Å². The van der Waals surface area contributed by atoms with Crippen molar-refractivity contribution in [1.29, 1.82) is 0 Å². The maximum absolute atomic E-state index is 5.67. The number of para-hydroxylation sites is 1. The Bertz CT molecular complexity index is 3130. The average molecular weight is 670 g/mol. The summed E-state index contributed by atoms with van der Waals surface area (Å²) in [7, 11) is 0. The molecular weight excluding hydrogens is 639 g/mol. The number of benzene rings is 9. The summed E-state index contributed by atoms with van der Waals surface area (Å²) < 4.78 is 0. The summed E-state index contributed by atoms with van der Waals surface area (Å²) in [5.74, 6) is 0. The van der Waals surface area contributed by atoms with Crippen molar-refractivity contribution in [2.24, 2.45) is 0 Å². The molecule has 1 heteroatoms. The quantitative estimate of drug-likeness (QED) is 0.167. The molecule has 1 nitrogen and oxygen atoms in total. The number of hydrogen-bond acceptors (Lipinski definition) is 1. The Balaban J connectivity index is 1.34. The average Bonchev–Trinajstić information content (AvgIpc) is 3.69. The van der Waals surface area contributed by atoms with Gasteiger partial charge in [-0.15, -0.1) is 0 Å². The molecule has 12 rings (SSSR count). The van der Waals surface area contributed by atoms with Gasteiger partial charge in [-0.05, 0) is 101 Å². The zero-order valence-electron chi connectivity index (χ0n) is 28.8. The predicted molar refractivity (Wildman–Crippen MR) is 221 cm³/mol. The molecule has 2 aliphatic rings. The highest BCUT2D eigenvalue weighted by Crippen LogP contribution is 2.65. The summed E-state index contributed by atoms with van der Waals surface area (Å²) >= 11 is 0. The summed E-state index contributed by atoms with van der Waals surface area (Å²) in [4.78, 5) is 5.67. The van der Waals surface area contributed by atoms with Gasteiger partial charge in [0.05, 0.1) is 16.6 Å². The minimum atomic E-state index is -0.508. The van der Waals surface area contributed by atoms with Gasteiger partial charge in [0.2, 0.25) is 0 Å². The molecule has 9 aromatic carbocycles. The first-order valence-corrected chi connectivity index (χ1v) is 18.5. The Morgan fingerprint density at radius 3 is 1.74 bits per heavy atom. The molecular formula is C52H31N. The zero-order chi connectivity index (χ0) is 34.7. The van der Waals surface area contributed by atoms with Crippen molar-refractivity contribution in [2.45, 2.75) is 5.41 Å². The number of rotatable bonds is 2. The summed E-state index contributed by atoms with van der Waals surface area (Å²) in [6, 6.07) is 69.7. The van der Waals surface area contributed by atoms with Crippen molar-refractivity contribution < 1.29 is 0 Å². The molecule has 2 aliphatic carbocycles. The molecule has 0 fully saturated rings. The lowest BCUT2D eigenvalue weighted by molar-refractivity contribution is 0.794. The van der Waals surface area contributed by atoms with Gasteiger partial charge in [0.15, 0.2) is 0 Å². The van der Waals surface area contributed by atoms with Crippen LogP contribution in [-0.2, 0) is 5.41 Å². The van der Waals surface area contributed by atoms with Gasteiger partial charge in [0.1, 0.15) is 0 Å². The SMILES string of the molecule is c1ccc(-c2c3ccccc3c(-c3ccc4ccccc4c3)c3ccc4c(c23)-c2nc3ccccc3cc2C42c3ccccc3-c3ccccc32)cc1. The first kappa shape index (κ1) is 28.8. The van der Waals surface area contributed by atoms with Gasteiger partial charge in [-0.3, -0.25) is 0 Å². The van der Waals surface area contributed by atoms with Crippen molar-refractivity contribution >= 4 is 43.2 Å². The fourth-order valence-electron chi connectivity index (χ4n) is 9.94. The molecule has 0 amide bonds. The first-order valence-electron chi connectivity index (χ1n) is 18.5. The molecule has 0 aliphatic heterocycles. The van der Waals surface area contributed by atoms with Crippen molar-refractivity contribution in [3.63, 3.8) is 0 Å². The fraction of sp³-hybridized carbons (Fsp3) is 0.0192. The third-order valence-electron chi connectivity index (χ3n) is 12.0. The van der Waals surface area contributed by atoms with Crippen LogP contribution in [0.15, 0.2) is 188 Å². The van der Waals surface area contributed by atoms with E-state index in [1.54, 1.807) is 0 Å². The highest BCUT2D eigenvalue weighted by atomic mass is 14.7. The van der Waals surface area contributed by atoms with Crippen LogP contribution in [0.2, 0.25) is 0 Å². The second kappa shape index (κ2) is 10.6. The van der Waals surface area contributed by atoms with Crippen molar-refractivity contribution in [2.75, 3.05) is 0 Å². The van der Waals surface area contributed by atoms with Crippen LogP contribution in [0.25, 0.3) is 87.9 Å². The van der Waals surface area contributed by atoms with E-state index < -0.39 is 5.41 Å². The summed E-state index contributed by atoms with van der Waals surface area (Å²) in [5, 5.41) is 8.66. The van der Waals surface area contributed by atoms with Gasteiger partial charge in [-0.2, -0.15) is 0 Å². The van der Waals surface area contributed by atoms with Crippen LogP contribution in [0.5, 0.6) is 0 Å². The Labute approximate surface area is 307 Å². The topological polar surface area (TPSA) is 12.9 Å². The van der Waals surface area contributed by atoms with Gasteiger partial charge in [0, 0.05) is 16.3 Å². The van der Waals surface area contributed by atoms with Crippen LogP contribution in [-0.4, -0.2) is 4.98 Å². The molecule has 1 aromatic heterocycles. The maximum Gasteiger partial charge on any atom is 0.0767 e. The molecule has 0 saturated carbocycles. The number of aromatic nitrogens is 1. The van der Waals surface area contributed by atoms with Gasteiger partial charge in [0.25, 0.3) is 0 Å².